The summed E-state index contributed by atoms with van der Waals surface area (Å²) in [5, 5.41) is 9.43. The van der Waals surface area contributed by atoms with Crippen LogP contribution in [-0.4, -0.2) is 23.4 Å². The summed E-state index contributed by atoms with van der Waals surface area (Å²) in [5.41, 5.74) is 0.295. The van der Waals surface area contributed by atoms with Gasteiger partial charge >= 0.3 is 0 Å². The van der Waals surface area contributed by atoms with Crippen molar-refractivity contribution in [1.82, 2.24) is 0 Å². The molecule has 0 atom stereocenters. The summed E-state index contributed by atoms with van der Waals surface area (Å²) < 4.78 is 5.17. The summed E-state index contributed by atoms with van der Waals surface area (Å²) in [4.78, 5) is 11.0. The summed E-state index contributed by atoms with van der Waals surface area (Å²) in [6.07, 6.45) is 0. The van der Waals surface area contributed by atoms with Gasteiger partial charge in [0, 0.05) is 6.07 Å². The smallest absolute Gasteiger partial charge is 0.163 e. The van der Waals surface area contributed by atoms with E-state index in [1.54, 1.807) is 6.07 Å². The maximum atomic E-state index is 11.0. The van der Waals surface area contributed by atoms with E-state index < -0.39 is 0 Å². The van der Waals surface area contributed by atoms with Crippen LogP contribution >= 0.6 is 11.6 Å². The van der Waals surface area contributed by atoms with E-state index in [-0.39, 0.29) is 11.5 Å². The third kappa shape index (κ3) is 2.64. The first kappa shape index (κ1) is 10.9. The Morgan fingerprint density at radius 3 is 2.79 bits per heavy atom. The van der Waals surface area contributed by atoms with Crippen molar-refractivity contribution in [3.8, 4) is 11.5 Å². The fourth-order valence-corrected chi connectivity index (χ4v) is 1.13. The van der Waals surface area contributed by atoms with Crippen molar-refractivity contribution < 1.29 is 14.6 Å². The van der Waals surface area contributed by atoms with Crippen LogP contribution in [0.4, 0.5) is 0 Å². The summed E-state index contributed by atoms with van der Waals surface area (Å²) >= 11 is 5.43. The Balaban J connectivity index is 2.83. The van der Waals surface area contributed by atoms with E-state index in [9.17, 15) is 9.90 Å². The lowest BCUT2D eigenvalue weighted by atomic mass is 10.1. The second-order valence-corrected chi connectivity index (χ2v) is 3.15. The van der Waals surface area contributed by atoms with Gasteiger partial charge in [-0.3, -0.25) is 4.79 Å². The van der Waals surface area contributed by atoms with E-state index in [2.05, 4.69) is 0 Å². The van der Waals surface area contributed by atoms with Gasteiger partial charge in [0.2, 0.25) is 0 Å². The molecule has 0 aromatic heterocycles. The molecular formula is C10H11ClO3. The topological polar surface area (TPSA) is 46.5 Å². The zero-order chi connectivity index (χ0) is 10.6. The Morgan fingerprint density at radius 1 is 1.57 bits per heavy atom. The van der Waals surface area contributed by atoms with Crippen LogP contribution in [0.25, 0.3) is 0 Å². The Hall–Kier alpha value is -1.22. The molecule has 4 heteroatoms. The molecular weight excluding hydrogens is 204 g/mol. The number of phenolic OH excluding ortho intramolecular Hbond substituents is 1. The number of halogens is 1. The van der Waals surface area contributed by atoms with Gasteiger partial charge in [0.15, 0.2) is 5.78 Å². The largest absolute Gasteiger partial charge is 0.507 e. The predicted molar refractivity (Wildman–Crippen MR) is 54.3 cm³/mol. The molecule has 1 rings (SSSR count). The van der Waals surface area contributed by atoms with E-state index in [0.29, 0.717) is 23.8 Å². The molecule has 0 unspecified atom stereocenters. The molecule has 0 aliphatic heterocycles. The van der Waals surface area contributed by atoms with Crippen LogP contribution in [-0.2, 0) is 0 Å². The van der Waals surface area contributed by atoms with Crippen molar-refractivity contribution in [2.75, 3.05) is 12.5 Å². The van der Waals surface area contributed by atoms with Gasteiger partial charge in [0.05, 0.1) is 11.4 Å². The van der Waals surface area contributed by atoms with Crippen LogP contribution < -0.4 is 4.74 Å². The Kier molecular flexibility index (Phi) is 3.77. The summed E-state index contributed by atoms with van der Waals surface area (Å²) in [6.45, 7) is 1.77. The van der Waals surface area contributed by atoms with Crippen molar-refractivity contribution in [1.29, 1.82) is 0 Å². The highest BCUT2D eigenvalue weighted by Crippen LogP contribution is 2.23. The second kappa shape index (κ2) is 4.86. The summed E-state index contributed by atoms with van der Waals surface area (Å²) in [7, 11) is 0. The number of hydrogen-bond donors (Lipinski definition) is 1. The fourth-order valence-electron chi connectivity index (χ4n) is 1.06. The van der Waals surface area contributed by atoms with Crippen molar-refractivity contribution in [3.05, 3.63) is 23.8 Å². The molecule has 3 nitrogen and oxygen atoms in total. The molecule has 0 saturated carbocycles. The SMILES string of the molecule is CC(=O)c1ccc(OCCCl)cc1O. The molecule has 0 fully saturated rings. The Labute approximate surface area is 87.3 Å². The number of carbonyl (C=O) groups is 1. The molecule has 0 spiro atoms. The molecule has 0 aliphatic carbocycles. The minimum absolute atomic E-state index is 0.0652. The number of benzene rings is 1. The number of carbonyl (C=O) groups excluding carboxylic acids is 1. The van der Waals surface area contributed by atoms with Crippen LogP contribution in [0, 0.1) is 0 Å². The lowest BCUT2D eigenvalue weighted by Gasteiger charge is -2.06. The van der Waals surface area contributed by atoms with Gasteiger partial charge in [-0.2, -0.15) is 0 Å². The molecule has 0 amide bonds. The summed E-state index contributed by atoms with van der Waals surface area (Å²) in [5.74, 6) is 0.652. The standard InChI is InChI=1S/C10H11ClO3/c1-7(12)9-3-2-8(6-10(9)13)14-5-4-11/h2-3,6,13H,4-5H2,1H3. The van der Waals surface area contributed by atoms with Gasteiger partial charge in [-0.25, -0.2) is 0 Å². The number of hydrogen-bond acceptors (Lipinski definition) is 3. The van der Waals surface area contributed by atoms with Crippen molar-refractivity contribution in [2.24, 2.45) is 0 Å². The maximum absolute atomic E-state index is 11.0. The van der Waals surface area contributed by atoms with Crippen molar-refractivity contribution >= 4 is 17.4 Å². The quantitative estimate of drug-likeness (QED) is 0.618. The van der Waals surface area contributed by atoms with Gasteiger partial charge < -0.3 is 9.84 Å². The minimum Gasteiger partial charge on any atom is -0.507 e. The first-order valence-electron chi connectivity index (χ1n) is 4.18. The van der Waals surface area contributed by atoms with Crippen LogP contribution in [0.1, 0.15) is 17.3 Å². The van der Waals surface area contributed by atoms with Crippen molar-refractivity contribution in [3.63, 3.8) is 0 Å². The average molecular weight is 215 g/mol. The molecule has 0 radical (unpaired) electrons. The number of Topliss-reactive ketones (excluding diaryl/α,β-unsaturated/α-hetero) is 1. The minimum atomic E-state index is -0.175. The fraction of sp³-hybridized carbons (Fsp3) is 0.300. The molecule has 1 N–H and O–H groups in total. The Morgan fingerprint density at radius 2 is 2.29 bits per heavy atom. The number of aromatic hydroxyl groups is 1. The van der Waals surface area contributed by atoms with E-state index in [1.807, 2.05) is 0 Å². The van der Waals surface area contributed by atoms with Gasteiger partial charge in [-0.05, 0) is 19.1 Å². The van der Waals surface area contributed by atoms with Gasteiger partial charge in [-0.15, -0.1) is 11.6 Å². The molecule has 1 aromatic rings. The van der Waals surface area contributed by atoms with Crippen LogP contribution in [0.15, 0.2) is 18.2 Å². The van der Waals surface area contributed by atoms with Gasteiger partial charge in [0.25, 0.3) is 0 Å². The summed E-state index contributed by atoms with van der Waals surface area (Å²) in [6, 6.07) is 4.56. The van der Waals surface area contributed by atoms with Gasteiger partial charge in [-0.1, -0.05) is 0 Å². The third-order valence-electron chi connectivity index (χ3n) is 1.69. The highest BCUT2D eigenvalue weighted by atomic mass is 35.5. The number of ketones is 1. The van der Waals surface area contributed by atoms with Crippen LogP contribution in [0.5, 0.6) is 11.5 Å². The molecule has 76 valence electrons. The molecule has 0 aliphatic rings. The van der Waals surface area contributed by atoms with E-state index >= 15 is 0 Å². The highest BCUT2D eigenvalue weighted by molar-refractivity contribution is 6.18. The first-order valence-corrected chi connectivity index (χ1v) is 4.71. The molecule has 0 heterocycles. The normalized spacial score (nSPS) is 9.86. The molecule has 14 heavy (non-hydrogen) atoms. The van der Waals surface area contributed by atoms with Crippen LogP contribution in [0.2, 0.25) is 0 Å². The van der Waals surface area contributed by atoms with E-state index in [1.165, 1.54) is 19.1 Å². The number of rotatable bonds is 4. The molecule has 0 saturated heterocycles. The zero-order valence-electron chi connectivity index (χ0n) is 7.79. The van der Waals surface area contributed by atoms with Crippen molar-refractivity contribution in [2.45, 2.75) is 6.92 Å². The highest BCUT2D eigenvalue weighted by Gasteiger charge is 2.06. The number of phenols is 1. The Bertz CT molecular complexity index is 336. The monoisotopic (exact) mass is 214 g/mol. The van der Waals surface area contributed by atoms with E-state index in [4.69, 9.17) is 16.3 Å². The number of ether oxygens (including phenoxy) is 1. The molecule has 1 aromatic carbocycles. The predicted octanol–water partition coefficient (Wildman–Crippen LogP) is 2.21. The first-order chi connectivity index (χ1) is 6.65. The lowest BCUT2D eigenvalue weighted by Crippen LogP contribution is -1.99. The number of alkyl halides is 1. The molecule has 0 bridgehead atoms. The third-order valence-corrected chi connectivity index (χ3v) is 1.85. The van der Waals surface area contributed by atoms with Crippen LogP contribution in [0.3, 0.4) is 0 Å². The van der Waals surface area contributed by atoms with Gasteiger partial charge in [0.1, 0.15) is 18.1 Å². The average Bonchev–Trinajstić information content (AvgIpc) is 2.14. The van der Waals surface area contributed by atoms with E-state index in [0.717, 1.165) is 0 Å². The zero-order valence-corrected chi connectivity index (χ0v) is 8.54. The maximum Gasteiger partial charge on any atom is 0.163 e. The lowest BCUT2D eigenvalue weighted by molar-refractivity contribution is 0.101. The second-order valence-electron chi connectivity index (χ2n) is 2.77.